The van der Waals surface area contributed by atoms with Gasteiger partial charge >= 0.3 is 5.97 Å². The third-order valence-corrected chi connectivity index (χ3v) is 16.8. The fourth-order valence-corrected chi connectivity index (χ4v) is 11.3. The predicted octanol–water partition coefficient (Wildman–Crippen LogP) is 22.9. The van der Waals surface area contributed by atoms with Crippen LogP contribution in [0.1, 0.15) is 399 Å². The molecule has 0 heterocycles. The maximum absolute atomic E-state index is 12.5. The lowest BCUT2D eigenvalue weighted by Gasteiger charge is -2.22. The summed E-state index contributed by atoms with van der Waals surface area (Å²) in [5.41, 5.74) is 0. The molecular weight excluding hydrogens is 959 g/mol. The Balaban J connectivity index is 3.39. The lowest BCUT2D eigenvalue weighted by atomic mass is 10.0. The van der Waals surface area contributed by atoms with Crippen LogP contribution in [0.4, 0.5) is 0 Å². The Kier molecular flexibility index (Phi) is 66.4. The molecule has 0 aliphatic heterocycles. The summed E-state index contributed by atoms with van der Waals surface area (Å²) in [7, 11) is 0. The maximum atomic E-state index is 12.5. The summed E-state index contributed by atoms with van der Waals surface area (Å²) in [4.78, 5) is 24.6. The second kappa shape index (κ2) is 67.8. The van der Waals surface area contributed by atoms with E-state index < -0.39 is 12.1 Å². The van der Waals surface area contributed by atoms with Crippen LogP contribution in [0.2, 0.25) is 0 Å². The van der Waals surface area contributed by atoms with Crippen LogP contribution in [0.5, 0.6) is 0 Å². The van der Waals surface area contributed by atoms with Crippen LogP contribution in [0.3, 0.4) is 0 Å². The van der Waals surface area contributed by atoms with Crippen molar-refractivity contribution in [2.75, 3.05) is 13.2 Å². The monoisotopic (exact) mass is 1100 g/mol. The molecule has 0 fully saturated rings. The van der Waals surface area contributed by atoms with Gasteiger partial charge in [0.25, 0.3) is 0 Å². The predicted molar refractivity (Wildman–Crippen MR) is 343 cm³/mol. The molecule has 462 valence electrons. The number of carbonyl (C=O) groups is 2. The highest BCUT2D eigenvalue weighted by Gasteiger charge is 2.20. The standard InChI is InChI=1S/C72H139NO5/c1-3-5-7-9-11-13-15-17-19-33-37-40-44-48-52-56-60-64-70(75)69(68-74)73-71(76)65-61-57-53-49-45-41-38-34-31-29-27-25-23-21-20-22-24-26-28-30-32-35-39-43-47-51-55-59-63-67-78-72(77)66-62-58-54-50-46-42-36-18-16-14-12-10-8-6-4-2/h20,22,26,28,69-70,74-75H,3-19,21,23-25,27,29-68H2,1-2H3,(H,73,76)/b22-20-,28-26-. The molecule has 0 aliphatic rings. The number of carbonyl (C=O) groups excluding carboxylic acids is 2. The maximum Gasteiger partial charge on any atom is 0.305 e. The molecule has 0 aliphatic carbocycles. The SMILES string of the molecule is CCCCCCCCCCCCCCCCCCCC(O)C(CO)NC(=O)CCCCCCCCCCCCCCC/C=C\C/C=C\CCCCCCCCCCCOC(=O)CCCCCCCCCCCCCCCCC. The molecule has 2 unspecified atom stereocenters. The number of unbranched alkanes of at least 4 members (excludes halogenated alkanes) is 52. The molecule has 0 radical (unpaired) electrons. The minimum atomic E-state index is -0.665. The molecule has 0 aromatic carbocycles. The van der Waals surface area contributed by atoms with Crippen molar-refractivity contribution in [3.63, 3.8) is 0 Å². The van der Waals surface area contributed by atoms with E-state index in [1.54, 1.807) is 0 Å². The number of aliphatic hydroxyl groups excluding tert-OH is 2. The highest BCUT2D eigenvalue weighted by molar-refractivity contribution is 5.76. The number of allylic oxidation sites excluding steroid dienone is 4. The second-order valence-electron chi connectivity index (χ2n) is 24.6. The molecule has 0 aromatic heterocycles. The Morgan fingerprint density at radius 2 is 0.641 bits per heavy atom. The topological polar surface area (TPSA) is 95.9 Å². The summed E-state index contributed by atoms with van der Waals surface area (Å²) >= 11 is 0. The summed E-state index contributed by atoms with van der Waals surface area (Å²) in [6.07, 6.45) is 85.1. The largest absolute Gasteiger partial charge is 0.466 e. The van der Waals surface area contributed by atoms with Crippen molar-refractivity contribution >= 4 is 11.9 Å². The van der Waals surface area contributed by atoms with Gasteiger partial charge in [0.05, 0.1) is 25.4 Å². The van der Waals surface area contributed by atoms with Gasteiger partial charge in [0, 0.05) is 12.8 Å². The van der Waals surface area contributed by atoms with Crippen LogP contribution >= 0.6 is 0 Å². The van der Waals surface area contributed by atoms with Gasteiger partial charge in [-0.1, -0.05) is 353 Å². The molecule has 0 bridgehead atoms. The number of rotatable bonds is 67. The van der Waals surface area contributed by atoms with E-state index in [2.05, 4.69) is 43.5 Å². The molecule has 6 nitrogen and oxygen atoms in total. The van der Waals surface area contributed by atoms with Crippen molar-refractivity contribution in [3.05, 3.63) is 24.3 Å². The van der Waals surface area contributed by atoms with Gasteiger partial charge in [-0.15, -0.1) is 0 Å². The number of aliphatic hydroxyl groups is 2. The molecule has 0 saturated carbocycles. The van der Waals surface area contributed by atoms with Crippen molar-refractivity contribution in [1.82, 2.24) is 5.32 Å². The van der Waals surface area contributed by atoms with Gasteiger partial charge in [0.15, 0.2) is 0 Å². The fourth-order valence-electron chi connectivity index (χ4n) is 11.3. The first kappa shape index (κ1) is 76.3. The van der Waals surface area contributed by atoms with Crippen LogP contribution in [0, 0.1) is 0 Å². The van der Waals surface area contributed by atoms with Crippen molar-refractivity contribution in [2.24, 2.45) is 0 Å². The van der Waals surface area contributed by atoms with Gasteiger partial charge in [-0.2, -0.15) is 0 Å². The van der Waals surface area contributed by atoms with Crippen LogP contribution in [-0.4, -0.2) is 47.4 Å². The van der Waals surface area contributed by atoms with E-state index in [4.69, 9.17) is 4.74 Å². The minimum absolute atomic E-state index is 0.0157. The van der Waals surface area contributed by atoms with E-state index in [1.165, 1.54) is 321 Å². The third kappa shape index (κ3) is 63.5. The number of ether oxygens (including phenoxy) is 1. The van der Waals surface area contributed by atoms with Crippen LogP contribution in [0.15, 0.2) is 24.3 Å². The summed E-state index contributed by atoms with van der Waals surface area (Å²) in [5, 5.41) is 23.4. The van der Waals surface area contributed by atoms with Crippen LogP contribution in [0.25, 0.3) is 0 Å². The van der Waals surface area contributed by atoms with Gasteiger partial charge in [0.1, 0.15) is 0 Å². The molecule has 78 heavy (non-hydrogen) atoms. The van der Waals surface area contributed by atoms with E-state index in [0.29, 0.717) is 25.9 Å². The molecule has 1 amide bonds. The first-order valence-electron chi connectivity index (χ1n) is 35.6. The first-order valence-corrected chi connectivity index (χ1v) is 35.6. The van der Waals surface area contributed by atoms with Crippen molar-refractivity contribution in [2.45, 2.75) is 411 Å². The Bertz CT molecular complexity index is 1220. The van der Waals surface area contributed by atoms with E-state index in [0.717, 1.165) is 44.9 Å². The van der Waals surface area contributed by atoms with Crippen molar-refractivity contribution < 1.29 is 24.5 Å². The average molecular weight is 1100 g/mol. The molecule has 3 N–H and O–H groups in total. The number of hydrogen-bond acceptors (Lipinski definition) is 5. The highest BCUT2D eigenvalue weighted by Crippen LogP contribution is 2.19. The zero-order chi connectivity index (χ0) is 56.4. The van der Waals surface area contributed by atoms with Crippen LogP contribution < -0.4 is 5.32 Å². The van der Waals surface area contributed by atoms with Gasteiger partial charge in [0.2, 0.25) is 5.91 Å². The number of amides is 1. The summed E-state index contributed by atoms with van der Waals surface area (Å²) in [6, 6.07) is -0.542. The van der Waals surface area contributed by atoms with Crippen LogP contribution in [-0.2, 0) is 14.3 Å². The molecular formula is C72H139NO5. The van der Waals surface area contributed by atoms with Gasteiger partial charge < -0.3 is 20.3 Å². The smallest absolute Gasteiger partial charge is 0.305 e. The minimum Gasteiger partial charge on any atom is -0.466 e. The molecule has 0 saturated heterocycles. The normalized spacial score (nSPS) is 12.6. The third-order valence-electron chi connectivity index (χ3n) is 16.8. The zero-order valence-electron chi connectivity index (χ0n) is 52.9. The number of nitrogens with one attached hydrogen (secondary N) is 1. The summed E-state index contributed by atoms with van der Waals surface area (Å²) < 4.78 is 5.49. The van der Waals surface area contributed by atoms with Crippen molar-refractivity contribution in [1.29, 1.82) is 0 Å². The van der Waals surface area contributed by atoms with Crippen molar-refractivity contribution in [3.8, 4) is 0 Å². The molecule has 0 spiro atoms. The Morgan fingerprint density at radius 3 is 0.974 bits per heavy atom. The molecule has 2 atom stereocenters. The average Bonchev–Trinajstić information content (AvgIpc) is 3.44. The fraction of sp³-hybridized carbons (Fsp3) is 0.917. The Hall–Kier alpha value is -1.66. The highest BCUT2D eigenvalue weighted by atomic mass is 16.5. The second-order valence-corrected chi connectivity index (χ2v) is 24.6. The molecule has 0 aromatic rings. The lowest BCUT2D eigenvalue weighted by Crippen LogP contribution is -2.45. The zero-order valence-corrected chi connectivity index (χ0v) is 52.9. The summed E-state index contributed by atoms with van der Waals surface area (Å²) in [6.45, 7) is 4.99. The number of hydrogen-bond donors (Lipinski definition) is 3. The quantitative estimate of drug-likeness (QED) is 0.0320. The van der Waals surface area contributed by atoms with E-state index >= 15 is 0 Å². The number of esters is 1. The molecule has 6 heteroatoms. The molecule has 0 rings (SSSR count). The Labute approximate surface area is 488 Å². The van der Waals surface area contributed by atoms with E-state index in [-0.39, 0.29) is 18.5 Å². The first-order chi connectivity index (χ1) is 38.5. The Morgan fingerprint density at radius 1 is 0.359 bits per heavy atom. The van der Waals surface area contributed by atoms with E-state index in [1.807, 2.05) is 0 Å². The lowest BCUT2D eigenvalue weighted by molar-refractivity contribution is -0.143. The van der Waals surface area contributed by atoms with E-state index in [9.17, 15) is 19.8 Å². The van der Waals surface area contributed by atoms with Gasteiger partial charge in [-0.05, 0) is 57.8 Å². The summed E-state index contributed by atoms with van der Waals surface area (Å²) in [5.74, 6) is -0.0168. The van der Waals surface area contributed by atoms with Gasteiger partial charge in [-0.3, -0.25) is 9.59 Å². The van der Waals surface area contributed by atoms with Gasteiger partial charge in [-0.25, -0.2) is 0 Å².